The molecule has 0 spiro atoms. The van der Waals surface area contributed by atoms with E-state index in [0.717, 1.165) is 22.4 Å². The number of hydrogen-bond donors (Lipinski definition) is 2. The van der Waals surface area contributed by atoms with Crippen molar-refractivity contribution < 1.29 is 4.79 Å². The number of halogens is 1. The molecule has 0 aromatic heterocycles. The lowest BCUT2D eigenvalue weighted by Crippen LogP contribution is -2.23. The zero-order valence-electron chi connectivity index (χ0n) is 12.0. The van der Waals surface area contributed by atoms with Crippen molar-refractivity contribution in [3.8, 4) is 0 Å². The van der Waals surface area contributed by atoms with Crippen molar-refractivity contribution in [2.45, 2.75) is 13.8 Å². The van der Waals surface area contributed by atoms with Gasteiger partial charge in [-0.2, -0.15) is 0 Å². The largest absolute Gasteiger partial charge is 0.323 e. The second kappa shape index (κ2) is 6.95. The molecule has 0 atom stereocenters. The van der Waals surface area contributed by atoms with Crippen LogP contribution in [-0.4, -0.2) is 6.03 Å². The molecule has 0 aliphatic heterocycles. The number of carbonyl (C=O) groups excluding carboxylic acids is 1. The Morgan fingerprint density at radius 2 is 1.67 bits per heavy atom. The zero-order valence-corrected chi connectivity index (χ0v) is 12.7. The zero-order chi connectivity index (χ0) is 15.2. The number of anilines is 1. The molecule has 0 saturated heterocycles. The fourth-order valence-corrected chi connectivity index (χ4v) is 2.13. The van der Waals surface area contributed by atoms with Crippen LogP contribution in [0.4, 0.5) is 10.5 Å². The summed E-state index contributed by atoms with van der Waals surface area (Å²) < 4.78 is 0. The van der Waals surface area contributed by atoms with Crippen LogP contribution in [0.5, 0.6) is 0 Å². The van der Waals surface area contributed by atoms with Crippen molar-refractivity contribution >= 4 is 29.4 Å². The number of carbonyl (C=O) groups is 1. The lowest BCUT2D eigenvalue weighted by atomic mass is 10.1. The van der Waals surface area contributed by atoms with Crippen LogP contribution in [0.25, 0.3) is 6.08 Å². The maximum absolute atomic E-state index is 11.8. The molecule has 21 heavy (non-hydrogen) atoms. The highest BCUT2D eigenvalue weighted by Gasteiger charge is 2.00. The summed E-state index contributed by atoms with van der Waals surface area (Å²) >= 11 is 5.81. The summed E-state index contributed by atoms with van der Waals surface area (Å²) in [5.74, 6) is 0. The molecule has 0 bridgehead atoms. The first-order valence-electron chi connectivity index (χ1n) is 6.61. The van der Waals surface area contributed by atoms with E-state index in [1.807, 2.05) is 38.1 Å². The average molecular weight is 301 g/mol. The normalized spacial score (nSPS) is 10.6. The quantitative estimate of drug-likeness (QED) is 0.844. The number of amides is 2. The number of nitrogens with one attached hydrogen (secondary N) is 2. The van der Waals surface area contributed by atoms with Crippen molar-refractivity contribution in [2.75, 3.05) is 5.32 Å². The molecule has 0 aliphatic carbocycles. The van der Waals surface area contributed by atoms with Gasteiger partial charge in [-0.25, -0.2) is 4.79 Å². The molecule has 108 valence electrons. The SMILES string of the molecule is Cc1cc(C)cc(NC(=O)N/C=C/c2ccc(Cl)cc2)c1. The molecule has 2 rings (SSSR count). The van der Waals surface area contributed by atoms with Crippen molar-refractivity contribution in [3.63, 3.8) is 0 Å². The molecule has 2 amide bonds. The van der Waals surface area contributed by atoms with Gasteiger partial charge in [0.1, 0.15) is 0 Å². The Labute approximate surface area is 129 Å². The van der Waals surface area contributed by atoms with Gasteiger partial charge >= 0.3 is 6.03 Å². The first-order valence-corrected chi connectivity index (χ1v) is 6.99. The summed E-state index contributed by atoms with van der Waals surface area (Å²) in [6.45, 7) is 3.99. The van der Waals surface area contributed by atoms with Gasteiger partial charge in [0.2, 0.25) is 0 Å². The predicted molar refractivity (Wildman–Crippen MR) is 88.6 cm³/mol. The van der Waals surface area contributed by atoms with Gasteiger partial charge in [-0.1, -0.05) is 29.8 Å². The van der Waals surface area contributed by atoms with Crippen molar-refractivity contribution in [3.05, 3.63) is 70.4 Å². The molecule has 2 aromatic rings. The maximum atomic E-state index is 11.8. The minimum atomic E-state index is -0.273. The Bertz CT molecular complexity index is 643. The van der Waals surface area contributed by atoms with Crippen LogP contribution in [0, 0.1) is 13.8 Å². The molecule has 2 N–H and O–H groups in total. The van der Waals surface area contributed by atoms with Gasteiger partial charge in [-0.15, -0.1) is 0 Å². The van der Waals surface area contributed by atoms with Crippen molar-refractivity contribution in [1.82, 2.24) is 5.32 Å². The highest BCUT2D eigenvalue weighted by Crippen LogP contribution is 2.13. The molecule has 4 heteroatoms. The smallest absolute Gasteiger partial charge is 0.314 e. The van der Waals surface area contributed by atoms with E-state index in [2.05, 4.69) is 16.7 Å². The van der Waals surface area contributed by atoms with Crippen LogP contribution in [0.15, 0.2) is 48.7 Å². The molecule has 3 nitrogen and oxygen atoms in total. The molecule has 0 aliphatic rings. The molecular weight excluding hydrogens is 284 g/mol. The predicted octanol–water partition coefficient (Wildman–Crippen LogP) is 4.75. The number of benzene rings is 2. The van der Waals surface area contributed by atoms with E-state index in [1.54, 1.807) is 24.4 Å². The highest BCUT2D eigenvalue weighted by molar-refractivity contribution is 6.30. The lowest BCUT2D eigenvalue weighted by Gasteiger charge is -2.07. The second-order valence-electron chi connectivity index (χ2n) is 4.86. The summed E-state index contributed by atoms with van der Waals surface area (Å²) in [5.41, 5.74) is 3.97. The monoisotopic (exact) mass is 300 g/mol. The summed E-state index contributed by atoms with van der Waals surface area (Å²) in [7, 11) is 0. The number of urea groups is 1. The first-order chi connectivity index (χ1) is 10.0. The van der Waals surface area contributed by atoms with E-state index in [1.165, 1.54) is 0 Å². The topological polar surface area (TPSA) is 41.1 Å². The fraction of sp³-hybridized carbons (Fsp3) is 0.118. The van der Waals surface area contributed by atoms with Crippen LogP contribution in [0.1, 0.15) is 16.7 Å². The van der Waals surface area contributed by atoms with Crippen LogP contribution in [-0.2, 0) is 0 Å². The average Bonchev–Trinajstić information content (AvgIpc) is 2.39. The van der Waals surface area contributed by atoms with E-state index in [-0.39, 0.29) is 6.03 Å². The van der Waals surface area contributed by atoms with E-state index >= 15 is 0 Å². The second-order valence-corrected chi connectivity index (χ2v) is 5.30. The van der Waals surface area contributed by atoms with Gasteiger partial charge in [-0.3, -0.25) is 0 Å². The number of aryl methyl sites for hydroxylation is 2. The van der Waals surface area contributed by atoms with Gasteiger partial charge in [0, 0.05) is 16.9 Å². The molecule has 0 radical (unpaired) electrons. The van der Waals surface area contributed by atoms with Crippen molar-refractivity contribution in [1.29, 1.82) is 0 Å². The van der Waals surface area contributed by atoms with Gasteiger partial charge in [0.25, 0.3) is 0 Å². The van der Waals surface area contributed by atoms with E-state index in [9.17, 15) is 4.79 Å². The molecular formula is C17H17ClN2O. The Balaban J connectivity index is 1.91. The molecule has 2 aromatic carbocycles. The Morgan fingerprint density at radius 1 is 1.05 bits per heavy atom. The Kier molecular flexibility index (Phi) is 5.01. The van der Waals surface area contributed by atoms with Crippen molar-refractivity contribution in [2.24, 2.45) is 0 Å². The molecule has 0 fully saturated rings. The van der Waals surface area contributed by atoms with Crippen LogP contribution >= 0.6 is 11.6 Å². The summed E-state index contributed by atoms with van der Waals surface area (Å²) in [6, 6.07) is 13.0. The minimum absolute atomic E-state index is 0.273. The minimum Gasteiger partial charge on any atom is -0.314 e. The Hall–Kier alpha value is -2.26. The third-order valence-corrected chi connectivity index (χ3v) is 3.09. The van der Waals surface area contributed by atoms with E-state index in [4.69, 9.17) is 11.6 Å². The van der Waals surface area contributed by atoms with Gasteiger partial charge in [0.15, 0.2) is 0 Å². The van der Waals surface area contributed by atoms with Crippen LogP contribution < -0.4 is 10.6 Å². The highest BCUT2D eigenvalue weighted by atomic mass is 35.5. The van der Waals surface area contributed by atoms with Gasteiger partial charge in [-0.05, 0) is 60.9 Å². The number of hydrogen-bond acceptors (Lipinski definition) is 1. The summed E-state index contributed by atoms with van der Waals surface area (Å²) in [6.07, 6.45) is 3.40. The van der Waals surface area contributed by atoms with Gasteiger partial charge in [0.05, 0.1) is 0 Å². The fourth-order valence-electron chi connectivity index (χ4n) is 2.00. The third-order valence-electron chi connectivity index (χ3n) is 2.84. The third kappa shape index (κ3) is 4.97. The Morgan fingerprint density at radius 3 is 2.29 bits per heavy atom. The molecule has 0 saturated carbocycles. The maximum Gasteiger partial charge on any atom is 0.323 e. The summed E-state index contributed by atoms with van der Waals surface area (Å²) in [4.78, 5) is 11.8. The first kappa shape index (κ1) is 15.1. The standard InChI is InChI=1S/C17H17ClN2O/c1-12-9-13(2)11-16(10-12)20-17(21)19-8-7-14-3-5-15(18)6-4-14/h3-11H,1-2H3,(H2,19,20,21)/b8-7+. The van der Waals surface area contributed by atoms with Crippen LogP contribution in [0.3, 0.4) is 0 Å². The lowest BCUT2D eigenvalue weighted by molar-refractivity contribution is 0.255. The van der Waals surface area contributed by atoms with E-state index < -0.39 is 0 Å². The van der Waals surface area contributed by atoms with E-state index in [0.29, 0.717) is 5.02 Å². The number of rotatable bonds is 3. The summed E-state index contributed by atoms with van der Waals surface area (Å²) in [5, 5.41) is 6.15. The molecule has 0 heterocycles. The van der Waals surface area contributed by atoms with Gasteiger partial charge < -0.3 is 10.6 Å². The molecule has 0 unspecified atom stereocenters. The van der Waals surface area contributed by atoms with Crippen LogP contribution in [0.2, 0.25) is 5.02 Å².